The van der Waals surface area contributed by atoms with E-state index in [1.807, 2.05) is 11.0 Å². The van der Waals surface area contributed by atoms with Gasteiger partial charge in [0.1, 0.15) is 23.5 Å². The zero-order chi connectivity index (χ0) is 26.1. The first-order valence-electron chi connectivity index (χ1n) is 11.5. The molecule has 4 aromatic rings. The third kappa shape index (κ3) is 5.05. The molecule has 0 spiro atoms. The molecule has 5 rings (SSSR count). The van der Waals surface area contributed by atoms with E-state index in [1.165, 1.54) is 30.6 Å². The summed E-state index contributed by atoms with van der Waals surface area (Å²) in [4.78, 5) is 30.2. The Kier molecular flexibility index (Phi) is 6.40. The van der Waals surface area contributed by atoms with Gasteiger partial charge in [-0.25, -0.2) is 23.1 Å². The minimum atomic E-state index is -0.782. The van der Waals surface area contributed by atoms with Gasteiger partial charge in [-0.2, -0.15) is 5.10 Å². The second kappa shape index (κ2) is 9.82. The lowest BCUT2D eigenvalue weighted by Crippen LogP contribution is -2.47. The number of nitrogen functional groups attached to an aromatic ring is 1. The standard InChI is InChI=1S/C25H24F2N8O2/c1-14-2-4-18(26)21(8-14)33-25(37)32-20-5-3-15(9-19(20)27)17-10-16(11-34-7-6-29-22(36)12-34)35-23(17)24(28)30-13-31-35/h2-5,8-10,13H,6-7,11-12H2,1H3,(H,29,36)(H2,28,30,31)(H2,32,33,37). The van der Waals surface area contributed by atoms with Crippen LogP contribution in [0.15, 0.2) is 48.8 Å². The monoisotopic (exact) mass is 506 g/mol. The SMILES string of the molecule is Cc1ccc(F)c(NC(=O)Nc2ccc(-c3cc(CN4CCNC(=O)C4)n4ncnc(N)c34)cc2F)c1. The molecule has 12 heteroatoms. The van der Waals surface area contributed by atoms with Crippen molar-refractivity contribution in [3.8, 4) is 11.1 Å². The smallest absolute Gasteiger partial charge is 0.323 e. The number of halogens is 2. The highest BCUT2D eigenvalue weighted by molar-refractivity contribution is 6.00. The fourth-order valence-electron chi connectivity index (χ4n) is 4.32. The van der Waals surface area contributed by atoms with Gasteiger partial charge in [0.2, 0.25) is 5.91 Å². The number of anilines is 3. The van der Waals surface area contributed by atoms with Crippen molar-refractivity contribution in [2.75, 3.05) is 36.0 Å². The van der Waals surface area contributed by atoms with E-state index < -0.39 is 17.7 Å². The molecule has 2 aromatic carbocycles. The lowest BCUT2D eigenvalue weighted by molar-refractivity contribution is -0.124. The molecule has 0 radical (unpaired) electrons. The highest BCUT2D eigenvalue weighted by Crippen LogP contribution is 2.33. The molecule has 0 bridgehead atoms. The number of aromatic nitrogens is 3. The lowest BCUT2D eigenvalue weighted by Gasteiger charge is -2.25. The summed E-state index contributed by atoms with van der Waals surface area (Å²) in [5, 5.41) is 11.9. The molecule has 0 atom stereocenters. The fourth-order valence-corrected chi connectivity index (χ4v) is 4.32. The molecule has 0 unspecified atom stereocenters. The van der Waals surface area contributed by atoms with Crippen molar-refractivity contribution in [3.05, 3.63) is 71.7 Å². The Morgan fingerprint density at radius 2 is 1.92 bits per heavy atom. The first-order chi connectivity index (χ1) is 17.8. The molecule has 190 valence electrons. The number of nitrogens with two attached hydrogens (primary N) is 1. The van der Waals surface area contributed by atoms with Crippen molar-refractivity contribution < 1.29 is 18.4 Å². The number of aryl methyl sites for hydroxylation is 1. The number of piperazine rings is 1. The van der Waals surface area contributed by atoms with E-state index in [9.17, 15) is 14.0 Å². The zero-order valence-corrected chi connectivity index (χ0v) is 19.9. The number of carbonyl (C=O) groups is 2. The number of nitrogens with zero attached hydrogens (tertiary/aromatic N) is 4. The summed E-state index contributed by atoms with van der Waals surface area (Å²) in [5.41, 5.74) is 9.19. The highest BCUT2D eigenvalue weighted by Gasteiger charge is 2.21. The van der Waals surface area contributed by atoms with Gasteiger partial charge in [0.05, 0.1) is 23.6 Å². The minimum absolute atomic E-state index is 0.0102. The number of hydrogen-bond donors (Lipinski definition) is 4. The lowest BCUT2D eigenvalue weighted by atomic mass is 10.1. The quantitative estimate of drug-likeness (QED) is 0.329. The van der Waals surface area contributed by atoms with E-state index in [-0.39, 0.29) is 29.6 Å². The molecule has 37 heavy (non-hydrogen) atoms. The van der Waals surface area contributed by atoms with Gasteiger partial charge in [0, 0.05) is 25.2 Å². The second-order valence-corrected chi connectivity index (χ2v) is 8.77. The molecule has 1 aliphatic heterocycles. The zero-order valence-electron chi connectivity index (χ0n) is 19.9. The number of amides is 3. The maximum Gasteiger partial charge on any atom is 0.323 e. The molecule has 3 heterocycles. The van der Waals surface area contributed by atoms with Gasteiger partial charge in [-0.15, -0.1) is 0 Å². The van der Waals surface area contributed by atoms with Crippen LogP contribution in [0.4, 0.5) is 30.8 Å². The van der Waals surface area contributed by atoms with Crippen LogP contribution in [-0.4, -0.2) is 51.1 Å². The van der Waals surface area contributed by atoms with Crippen LogP contribution in [0.1, 0.15) is 11.3 Å². The van der Waals surface area contributed by atoms with Gasteiger partial charge in [0.25, 0.3) is 0 Å². The molecular weight excluding hydrogens is 482 g/mol. The largest absolute Gasteiger partial charge is 0.382 e. The van der Waals surface area contributed by atoms with E-state index in [1.54, 1.807) is 23.6 Å². The summed E-state index contributed by atoms with van der Waals surface area (Å²) in [6, 6.07) is 9.66. The molecular formula is C25H24F2N8O2. The van der Waals surface area contributed by atoms with Gasteiger partial charge in [0.15, 0.2) is 5.82 Å². The Balaban J connectivity index is 1.41. The molecule has 2 aromatic heterocycles. The van der Waals surface area contributed by atoms with Crippen molar-refractivity contribution in [3.63, 3.8) is 0 Å². The summed E-state index contributed by atoms with van der Waals surface area (Å²) in [6.45, 7) is 3.68. The van der Waals surface area contributed by atoms with E-state index in [0.29, 0.717) is 36.3 Å². The Labute approximate surface area is 210 Å². The third-order valence-electron chi connectivity index (χ3n) is 6.06. The van der Waals surface area contributed by atoms with Gasteiger partial charge in [-0.1, -0.05) is 12.1 Å². The summed E-state index contributed by atoms with van der Waals surface area (Å²) < 4.78 is 30.7. The number of fused-ring (bicyclic) bond motifs is 1. The second-order valence-electron chi connectivity index (χ2n) is 8.77. The fraction of sp³-hybridized carbons (Fsp3) is 0.200. The predicted octanol–water partition coefficient (Wildman–Crippen LogP) is 3.14. The minimum Gasteiger partial charge on any atom is -0.382 e. The third-order valence-corrected chi connectivity index (χ3v) is 6.06. The van der Waals surface area contributed by atoms with Crippen LogP contribution in [-0.2, 0) is 11.3 Å². The van der Waals surface area contributed by atoms with Crippen molar-refractivity contribution in [1.82, 2.24) is 24.8 Å². The van der Waals surface area contributed by atoms with Crippen LogP contribution in [0.25, 0.3) is 16.6 Å². The molecule has 0 aliphatic carbocycles. The summed E-state index contributed by atoms with van der Waals surface area (Å²) >= 11 is 0. The molecule has 1 fully saturated rings. The van der Waals surface area contributed by atoms with Crippen LogP contribution in [0, 0.1) is 18.6 Å². The van der Waals surface area contributed by atoms with Crippen molar-refractivity contribution >= 4 is 34.6 Å². The topological polar surface area (TPSA) is 130 Å². The van der Waals surface area contributed by atoms with Crippen molar-refractivity contribution in [2.24, 2.45) is 0 Å². The van der Waals surface area contributed by atoms with Crippen LogP contribution >= 0.6 is 0 Å². The van der Waals surface area contributed by atoms with Crippen LogP contribution < -0.4 is 21.7 Å². The molecule has 0 saturated carbocycles. The number of hydrogen-bond acceptors (Lipinski definition) is 6. The van der Waals surface area contributed by atoms with Gasteiger partial charge in [-0.3, -0.25) is 9.69 Å². The average Bonchev–Trinajstić information content (AvgIpc) is 3.22. The first kappa shape index (κ1) is 24.1. The number of urea groups is 1. The van der Waals surface area contributed by atoms with Crippen molar-refractivity contribution in [2.45, 2.75) is 13.5 Å². The predicted molar refractivity (Wildman–Crippen MR) is 135 cm³/mol. The first-order valence-corrected chi connectivity index (χ1v) is 11.5. The summed E-state index contributed by atoms with van der Waals surface area (Å²) in [6.07, 6.45) is 1.34. The molecule has 5 N–H and O–H groups in total. The maximum atomic E-state index is 15.1. The number of nitrogens with one attached hydrogen (secondary N) is 3. The normalized spacial score (nSPS) is 14.0. The van der Waals surface area contributed by atoms with Gasteiger partial charge < -0.3 is 21.7 Å². The van der Waals surface area contributed by atoms with Crippen LogP contribution in [0.2, 0.25) is 0 Å². The van der Waals surface area contributed by atoms with Gasteiger partial charge in [-0.05, 0) is 48.4 Å². The van der Waals surface area contributed by atoms with Crippen molar-refractivity contribution in [1.29, 1.82) is 0 Å². The average molecular weight is 507 g/mol. The molecule has 10 nitrogen and oxygen atoms in total. The number of rotatable bonds is 5. The Bertz CT molecular complexity index is 1520. The number of carbonyl (C=O) groups excluding carboxylic acids is 2. The van der Waals surface area contributed by atoms with E-state index in [0.717, 1.165) is 11.3 Å². The Hall–Kier alpha value is -4.58. The molecule has 1 aliphatic rings. The number of benzene rings is 2. The van der Waals surface area contributed by atoms with E-state index in [4.69, 9.17) is 5.73 Å². The Morgan fingerprint density at radius 1 is 1.11 bits per heavy atom. The molecule has 1 saturated heterocycles. The van der Waals surface area contributed by atoms with Gasteiger partial charge >= 0.3 is 6.03 Å². The van der Waals surface area contributed by atoms with E-state index in [2.05, 4.69) is 26.0 Å². The summed E-state index contributed by atoms with van der Waals surface area (Å²) in [7, 11) is 0. The van der Waals surface area contributed by atoms with E-state index >= 15 is 4.39 Å². The summed E-state index contributed by atoms with van der Waals surface area (Å²) in [5.74, 6) is -1.13. The van der Waals surface area contributed by atoms with Crippen LogP contribution in [0.3, 0.4) is 0 Å². The molecule has 3 amide bonds. The highest BCUT2D eigenvalue weighted by atomic mass is 19.1. The maximum absolute atomic E-state index is 15.1. The Morgan fingerprint density at radius 3 is 2.70 bits per heavy atom. The van der Waals surface area contributed by atoms with Crippen LogP contribution in [0.5, 0.6) is 0 Å².